The zero-order valence-electron chi connectivity index (χ0n) is 19.1. The number of anilines is 1. The number of carbonyl (C=O) groups is 2. The number of allylic oxidation sites excluding steroid dienone is 3. The van der Waals surface area contributed by atoms with Gasteiger partial charge < -0.3 is 10.5 Å². The van der Waals surface area contributed by atoms with Crippen LogP contribution in [-0.4, -0.2) is 34.8 Å². The molecule has 2 heterocycles. The van der Waals surface area contributed by atoms with Crippen molar-refractivity contribution in [1.29, 1.82) is 5.26 Å². The molecular weight excluding hydrogens is 513 g/mol. The molecule has 35 heavy (non-hydrogen) atoms. The van der Waals surface area contributed by atoms with E-state index in [1.807, 2.05) is 13.8 Å². The summed E-state index contributed by atoms with van der Waals surface area (Å²) in [5.74, 6) is -2.21. The lowest BCUT2D eigenvalue weighted by Crippen LogP contribution is -2.42. The first kappa shape index (κ1) is 25.2. The molecule has 1 aliphatic heterocycles. The van der Waals surface area contributed by atoms with Gasteiger partial charge in [-0.1, -0.05) is 54.6 Å². The van der Waals surface area contributed by atoms with Gasteiger partial charge in [0.2, 0.25) is 5.13 Å². The van der Waals surface area contributed by atoms with E-state index in [0.717, 1.165) is 23.1 Å². The monoisotopic (exact) mass is 533 g/mol. The van der Waals surface area contributed by atoms with Gasteiger partial charge in [-0.25, -0.2) is 4.39 Å². The summed E-state index contributed by atoms with van der Waals surface area (Å²) in [6.45, 7) is 3.91. The Kier molecular flexibility index (Phi) is 6.90. The first-order valence-electron chi connectivity index (χ1n) is 10.5. The highest BCUT2D eigenvalue weighted by molar-refractivity contribution is 8.01. The van der Waals surface area contributed by atoms with Gasteiger partial charge in [0.05, 0.1) is 30.4 Å². The van der Waals surface area contributed by atoms with E-state index in [1.54, 1.807) is 4.90 Å². The van der Waals surface area contributed by atoms with Crippen LogP contribution in [0.15, 0.2) is 45.2 Å². The van der Waals surface area contributed by atoms with E-state index < -0.39 is 23.1 Å². The maximum atomic E-state index is 15.0. The molecule has 182 valence electrons. The normalized spacial score (nSPS) is 19.5. The quantitative estimate of drug-likeness (QED) is 0.436. The number of ketones is 1. The average molecular weight is 534 g/mol. The molecule has 4 rings (SSSR count). The summed E-state index contributed by atoms with van der Waals surface area (Å²) in [6, 6.07) is 6.30. The van der Waals surface area contributed by atoms with Crippen molar-refractivity contribution in [2.75, 3.05) is 17.8 Å². The number of hydrogen-bond donors (Lipinski definition) is 1. The Balaban J connectivity index is 1.89. The number of esters is 1. The van der Waals surface area contributed by atoms with Gasteiger partial charge in [0.1, 0.15) is 11.6 Å². The molecule has 0 saturated carbocycles. The maximum Gasteiger partial charge on any atom is 0.316 e. The van der Waals surface area contributed by atoms with Crippen molar-refractivity contribution in [2.45, 2.75) is 36.9 Å². The van der Waals surface area contributed by atoms with Crippen LogP contribution in [0.1, 0.15) is 38.2 Å². The van der Waals surface area contributed by atoms with Crippen LogP contribution >= 0.6 is 34.7 Å². The van der Waals surface area contributed by atoms with E-state index in [1.165, 1.54) is 25.3 Å². The van der Waals surface area contributed by atoms with E-state index in [-0.39, 0.29) is 45.5 Å². The zero-order chi connectivity index (χ0) is 25.5. The number of halogens is 2. The van der Waals surface area contributed by atoms with Gasteiger partial charge in [0, 0.05) is 28.3 Å². The summed E-state index contributed by atoms with van der Waals surface area (Å²) >= 11 is 8.68. The fourth-order valence-electron chi connectivity index (χ4n) is 4.33. The number of nitriles is 1. The van der Waals surface area contributed by atoms with Crippen LogP contribution in [0.2, 0.25) is 5.02 Å². The molecule has 2 aliphatic rings. The molecule has 1 atom stereocenters. The van der Waals surface area contributed by atoms with Crippen molar-refractivity contribution in [2.24, 2.45) is 11.1 Å². The molecule has 0 bridgehead atoms. The fraction of sp³-hybridized carbons (Fsp3) is 0.348. The van der Waals surface area contributed by atoms with Crippen LogP contribution in [-0.2, 0) is 14.3 Å². The molecule has 0 radical (unpaired) electrons. The number of ether oxygens (including phenoxy) is 1. The summed E-state index contributed by atoms with van der Waals surface area (Å²) < 4.78 is 20.2. The predicted octanol–water partition coefficient (Wildman–Crippen LogP) is 4.54. The predicted molar refractivity (Wildman–Crippen MR) is 131 cm³/mol. The van der Waals surface area contributed by atoms with Crippen LogP contribution in [0, 0.1) is 22.6 Å². The van der Waals surface area contributed by atoms with Crippen LogP contribution in [0.4, 0.5) is 9.52 Å². The number of carbonyl (C=O) groups excluding carboxylic acids is 2. The number of rotatable bonds is 5. The molecule has 2 aromatic rings. The molecule has 0 fully saturated rings. The molecule has 1 unspecified atom stereocenters. The molecule has 0 amide bonds. The minimum atomic E-state index is -1.04. The number of aromatic nitrogens is 2. The first-order valence-corrected chi connectivity index (χ1v) is 12.7. The SMILES string of the molecule is COC(=O)CSc1nnc(N2C(N)=C(C#N)C(c3c(F)cccc3Cl)C3=C2CC(C)(C)CC3=O)s1. The molecule has 1 aliphatic carbocycles. The average Bonchev–Trinajstić information content (AvgIpc) is 3.24. The van der Waals surface area contributed by atoms with Gasteiger partial charge in [-0.3, -0.25) is 14.5 Å². The molecule has 0 saturated heterocycles. The van der Waals surface area contributed by atoms with Gasteiger partial charge in [-0.2, -0.15) is 5.26 Å². The molecule has 12 heteroatoms. The van der Waals surface area contributed by atoms with Crippen LogP contribution in [0.25, 0.3) is 0 Å². The van der Waals surface area contributed by atoms with Crippen molar-refractivity contribution in [3.8, 4) is 6.07 Å². The largest absolute Gasteiger partial charge is 0.468 e. The third kappa shape index (κ3) is 4.66. The molecule has 1 aromatic heterocycles. The Morgan fingerprint density at radius 1 is 1.43 bits per heavy atom. The van der Waals surface area contributed by atoms with Gasteiger partial charge in [0.25, 0.3) is 0 Å². The fourth-order valence-corrected chi connectivity index (χ4v) is 6.32. The van der Waals surface area contributed by atoms with Crippen molar-refractivity contribution >= 4 is 51.6 Å². The Morgan fingerprint density at radius 2 is 2.17 bits per heavy atom. The smallest absolute Gasteiger partial charge is 0.316 e. The second-order valence-corrected chi connectivity index (χ2v) is 11.4. The Morgan fingerprint density at radius 3 is 2.83 bits per heavy atom. The lowest BCUT2D eigenvalue weighted by Gasteiger charge is -2.42. The lowest BCUT2D eigenvalue weighted by molar-refractivity contribution is -0.137. The summed E-state index contributed by atoms with van der Waals surface area (Å²) in [4.78, 5) is 26.6. The zero-order valence-corrected chi connectivity index (χ0v) is 21.5. The van der Waals surface area contributed by atoms with Crippen LogP contribution in [0.3, 0.4) is 0 Å². The molecule has 2 N–H and O–H groups in total. The third-order valence-electron chi connectivity index (χ3n) is 5.80. The highest BCUT2D eigenvalue weighted by atomic mass is 35.5. The summed E-state index contributed by atoms with van der Waals surface area (Å²) in [5, 5.41) is 18.9. The maximum absolute atomic E-state index is 15.0. The Labute approximate surface area is 214 Å². The first-order chi connectivity index (χ1) is 16.6. The van der Waals surface area contributed by atoms with Crippen molar-refractivity contribution in [3.05, 3.63) is 57.3 Å². The van der Waals surface area contributed by atoms with E-state index >= 15 is 4.39 Å². The molecular formula is C23H21ClFN5O3S2. The highest BCUT2D eigenvalue weighted by Crippen LogP contribution is 2.52. The summed E-state index contributed by atoms with van der Waals surface area (Å²) in [7, 11) is 1.30. The summed E-state index contributed by atoms with van der Waals surface area (Å²) in [6.07, 6.45) is 0.650. The molecule has 1 aromatic carbocycles. The number of nitrogens with zero attached hydrogens (tertiary/aromatic N) is 4. The van der Waals surface area contributed by atoms with E-state index in [9.17, 15) is 14.9 Å². The van der Waals surface area contributed by atoms with Crippen LogP contribution < -0.4 is 10.6 Å². The summed E-state index contributed by atoms with van der Waals surface area (Å²) in [5.41, 5.74) is 6.97. The number of Topliss-reactive ketones (excluding diaryl/α,β-unsaturated/α-hetero) is 1. The van der Waals surface area contributed by atoms with Crippen molar-refractivity contribution in [3.63, 3.8) is 0 Å². The highest BCUT2D eigenvalue weighted by Gasteiger charge is 2.46. The number of hydrogen-bond acceptors (Lipinski definition) is 10. The van der Waals surface area contributed by atoms with Gasteiger partial charge in [0.15, 0.2) is 10.1 Å². The van der Waals surface area contributed by atoms with Gasteiger partial charge in [-0.15, -0.1) is 10.2 Å². The minimum absolute atomic E-state index is 0.00256. The number of nitrogens with two attached hydrogens (primary N) is 1. The van der Waals surface area contributed by atoms with Crippen molar-refractivity contribution < 1.29 is 18.7 Å². The minimum Gasteiger partial charge on any atom is -0.468 e. The second-order valence-electron chi connectivity index (χ2n) is 8.83. The number of thioether (sulfide) groups is 1. The van der Waals surface area contributed by atoms with Crippen LogP contribution in [0.5, 0.6) is 0 Å². The van der Waals surface area contributed by atoms with E-state index in [0.29, 0.717) is 21.6 Å². The van der Waals surface area contributed by atoms with Gasteiger partial charge in [-0.05, 0) is 24.0 Å². The number of benzene rings is 1. The lowest BCUT2D eigenvalue weighted by atomic mass is 9.68. The van der Waals surface area contributed by atoms with E-state index in [2.05, 4.69) is 21.0 Å². The third-order valence-corrected chi connectivity index (χ3v) is 8.14. The van der Waals surface area contributed by atoms with E-state index in [4.69, 9.17) is 17.3 Å². The standard InChI is InChI=1S/C23H21ClFN5O3S2/c1-23(2)7-14-19(15(31)8-23)17(18-12(24)5-4-6-13(18)25)11(9-26)20(27)30(14)21-28-29-22(35-21)34-10-16(32)33-3/h4-6,17H,7-8,10,27H2,1-3H3. The Hall–Kier alpha value is -2.94. The number of methoxy groups -OCH3 is 1. The second kappa shape index (κ2) is 9.60. The Bertz CT molecular complexity index is 1310. The molecule has 0 spiro atoms. The van der Waals surface area contributed by atoms with Crippen molar-refractivity contribution in [1.82, 2.24) is 10.2 Å². The van der Waals surface area contributed by atoms with Gasteiger partial charge >= 0.3 is 5.97 Å². The molecule has 8 nitrogen and oxygen atoms in total. The topological polar surface area (TPSA) is 122 Å².